The number of hydrogen-bond donors (Lipinski definition) is 0. The summed E-state index contributed by atoms with van der Waals surface area (Å²) in [7, 11) is 0. The molecule has 0 spiro atoms. The Morgan fingerprint density at radius 3 is 3.20 bits per heavy atom. The monoisotopic (exact) mass is 147 g/mol. The SMILES string of the molecule is CCN1CCOCC(F)C1. The van der Waals surface area contributed by atoms with Crippen LogP contribution >= 0.6 is 0 Å². The van der Waals surface area contributed by atoms with Crippen molar-refractivity contribution in [2.75, 3.05) is 32.8 Å². The van der Waals surface area contributed by atoms with E-state index in [4.69, 9.17) is 4.74 Å². The van der Waals surface area contributed by atoms with Crippen LogP contribution in [-0.2, 0) is 4.74 Å². The molecule has 1 unspecified atom stereocenters. The lowest BCUT2D eigenvalue weighted by Gasteiger charge is -2.16. The van der Waals surface area contributed by atoms with Crippen LogP contribution in [0.2, 0.25) is 0 Å². The second-order valence-electron chi connectivity index (χ2n) is 2.57. The summed E-state index contributed by atoms with van der Waals surface area (Å²) in [6.07, 6.45) is -0.789. The van der Waals surface area contributed by atoms with Crippen LogP contribution in [-0.4, -0.2) is 43.9 Å². The number of hydrogen-bond acceptors (Lipinski definition) is 2. The van der Waals surface area contributed by atoms with Crippen LogP contribution < -0.4 is 0 Å². The summed E-state index contributed by atoms with van der Waals surface area (Å²) < 4.78 is 17.7. The first-order chi connectivity index (χ1) is 4.83. The Hall–Kier alpha value is -0.150. The molecular formula is C7H14FNO. The quantitative estimate of drug-likeness (QED) is 0.540. The summed E-state index contributed by atoms with van der Waals surface area (Å²) >= 11 is 0. The molecule has 0 aromatic rings. The maximum absolute atomic E-state index is 12.7. The number of alkyl halides is 1. The third kappa shape index (κ3) is 2.23. The number of likely N-dealkylation sites (N-methyl/N-ethyl adjacent to an activating group) is 1. The molecule has 1 rings (SSSR count). The van der Waals surface area contributed by atoms with E-state index in [2.05, 4.69) is 4.90 Å². The Balaban J connectivity index is 2.30. The highest BCUT2D eigenvalue weighted by atomic mass is 19.1. The van der Waals surface area contributed by atoms with Crippen LogP contribution in [0.1, 0.15) is 6.92 Å². The molecule has 1 aliphatic rings. The van der Waals surface area contributed by atoms with E-state index in [1.165, 1.54) is 0 Å². The van der Waals surface area contributed by atoms with Gasteiger partial charge in [-0.25, -0.2) is 4.39 Å². The molecule has 0 bridgehead atoms. The Kier molecular flexibility index (Phi) is 3.09. The van der Waals surface area contributed by atoms with Crippen LogP contribution in [0.3, 0.4) is 0 Å². The minimum atomic E-state index is -0.789. The molecule has 0 N–H and O–H groups in total. The molecule has 0 amide bonds. The maximum atomic E-state index is 12.7. The van der Waals surface area contributed by atoms with E-state index in [1.54, 1.807) is 0 Å². The molecule has 0 radical (unpaired) electrons. The van der Waals surface area contributed by atoms with Crippen molar-refractivity contribution in [3.05, 3.63) is 0 Å². The zero-order valence-corrected chi connectivity index (χ0v) is 6.35. The minimum absolute atomic E-state index is 0.274. The van der Waals surface area contributed by atoms with Crippen molar-refractivity contribution in [2.45, 2.75) is 13.1 Å². The van der Waals surface area contributed by atoms with Gasteiger partial charge in [-0.1, -0.05) is 6.92 Å². The summed E-state index contributed by atoms with van der Waals surface area (Å²) in [4.78, 5) is 2.07. The molecule has 1 atom stereocenters. The van der Waals surface area contributed by atoms with Gasteiger partial charge in [0.2, 0.25) is 0 Å². The second kappa shape index (κ2) is 3.88. The predicted molar refractivity (Wildman–Crippen MR) is 37.8 cm³/mol. The Morgan fingerprint density at radius 2 is 2.50 bits per heavy atom. The molecule has 1 fully saturated rings. The van der Waals surface area contributed by atoms with Crippen LogP contribution in [0.4, 0.5) is 4.39 Å². The van der Waals surface area contributed by atoms with Crippen molar-refractivity contribution in [3.63, 3.8) is 0 Å². The van der Waals surface area contributed by atoms with Crippen molar-refractivity contribution in [1.29, 1.82) is 0 Å². The first-order valence-electron chi connectivity index (χ1n) is 3.77. The Morgan fingerprint density at radius 1 is 1.70 bits per heavy atom. The standard InChI is InChI=1S/C7H14FNO/c1-2-9-3-4-10-6-7(8)5-9/h7H,2-6H2,1H3. The molecule has 3 heteroatoms. The van der Waals surface area contributed by atoms with E-state index >= 15 is 0 Å². The van der Waals surface area contributed by atoms with Gasteiger partial charge < -0.3 is 4.74 Å². The summed E-state index contributed by atoms with van der Waals surface area (Å²) in [6, 6.07) is 0. The molecular weight excluding hydrogens is 133 g/mol. The van der Waals surface area contributed by atoms with Crippen LogP contribution in [0, 0.1) is 0 Å². The van der Waals surface area contributed by atoms with Gasteiger partial charge in [-0.3, -0.25) is 4.90 Å². The zero-order valence-electron chi connectivity index (χ0n) is 6.35. The minimum Gasteiger partial charge on any atom is -0.377 e. The average Bonchev–Trinajstić information content (AvgIpc) is 2.13. The van der Waals surface area contributed by atoms with Crippen LogP contribution in [0.5, 0.6) is 0 Å². The van der Waals surface area contributed by atoms with Gasteiger partial charge in [0.25, 0.3) is 0 Å². The molecule has 10 heavy (non-hydrogen) atoms. The summed E-state index contributed by atoms with van der Waals surface area (Å²) in [5.41, 5.74) is 0. The van der Waals surface area contributed by atoms with Gasteiger partial charge in [-0.2, -0.15) is 0 Å². The summed E-state index contributed by atoms with van der Waals surface area (Å²) in [6.45, 7) is 5.32. The first-order valence-corrected chi connectivity index (χ1v) is 3.77. The van der Waals surface area contributed by atoms with Gasteiger partial charge in [0.1, 0.15) is 6.17 Å². The normalized spacial score (nSPS) is 30.0. The zero-order chi connectivity index (χ0) is 7.40. The van der Waals surface area contributed by atoms with Gasteiger partial charge >= 0.3 is 0 Å². The Labute approximate surface area is 61.0 Å². The third-order valence-corrected chi connectivity index (χ3v) is 1.75. The first kappa shape index (κ1) is 7.95. The molecule has 60 valence electrons. The highest BCUT2D eigenvalue weighted by Gasteiger charge is 2.15. The lowest BCUT2D eigenvalue weighted by molar-refractivity contribution is 0.105. The van der Waals surface area contributed by atoms with Crippen molar-refractivity contribution in [3.8, 4) is 0 Å². The maximum Gasteiger partial charge on any atom is 0.136 e. The van der Waals surface area contributed by atoms with Gasteiger partial charge in [-0.15, -0.1) is 0 Å². The van der Waals surface area contributed by atoms with Gasteiger partial charge in [-0.05, 0) is 6.54 Å². The fraction of sp³-hybridized carbons (Fsp3) is 1.00. The lowest BCUT2D eigenvalue weighted by Crippen LogP contribution is -2.30. The van der Waals surface area contributed by atoms with Gasteiger partial charge in [0.05, 0.1) is 13.2 Å². The van der Waals surface area contributed by atoms with Gasteiger partial charge in [0, 0.05) is 13.1 Å². The van der Waals surface area contributed by atoms with Crippen LogP contribution in [0.15, 0.2) is 0 Å². The number of rotatable bonds is 1. The number of halogens is 1. The van der Waals surface area contributed by atoms with Crippen molar-refractivity contribution in [2.24, 2.45) is 0 Å². The largest absolute Gasteiger partial charge is 0.377 e. The molecule has 0 aliphatic carbocycles. The fourth-order valence-electron chi connectivity index (χ4n) is 1.12. The van der Waals surface area contributed by atoms with E-state index < -0.39 is 6.17 Å². The van der Waals surface area contributed by atoms with Crippen molar-refractivity contribution < 1.29 is 9.13 Å². The summed E-state index contributed by atoms with van der Waals surface area (Å²) in [5, 5.41) is 0. The highest BCUT2D eigenvalue weighted by Crippen LogP contribution is 2.01. The second-order valence-corrected chi connectivity index (χ2v) is 2.57. The lowest BCUT2D eigenvalue weighted by atomic mass is 10.4. The smallest absolute Gasteiger partial charge is 0.136 e. The molecule has 1 aliphatic heterocycles. The molecule has 0 aromatic carbocycles. The Bertz CT molecular complexity index is 99.6. The van der Waals surface area contributed by atoms with E-state index in [9.17, 15) is 4.39 Å². The van der Waals surface area contributed by atoms with E-state index in [1.807, 2.05) is 6.92 Å². The summed E-state index contributed by atoms with van der Waals surface area (Å²) in [5.74, 6) is 0. The van der Waals surface area contributed by atoms with E-state index in [-0.39, 0.29) is 6.61 Å². The molecule has 1 saturated heterocycles. The molecule has 1 heterocycles. The molecule has 0 aromatic heterocycles. The molecule has 2 nitrogen and oxygen atoms in total. The topological polar surface area (TPSA) is 12.5 Å². The number of nitrogens with zero attached hydrogens (tertiary/aromatic N) is 1. The third-order valence-electron chi connectivity index (χ3n) is 1.75. The number of ether oxygens (including phenoxy) is 1. The van der Waals surface area contributed by atoms with Crippen LogP contribution in [0.25, 0.3) is 0 Å². The highest BCUT2D eigenvalue weighted by molar-refractivity contribution is 4.66. The van der Waals surface area contributed by atoms with E-state index in [0.29, 0.717) is 13.2 Å². The van der Waals surface area contributed by atoms with Crippen molar-refractivity contribution in [1.82, 2.24) is 4.90 Å². The fourth-order valence-corrected chi connectivity index (χ4v) is 1.12. The van der Waals surface area contributed by atoms with Gasteiger partial charge in [0.15, 0.2) is 0 Å². The molecule has 0 saturated carbocycles. The average molecular weight is 147 g/mol. The predicted octanol–water partition coefficient (Wildman–Crippen LogP) is 0.677. The van der Waals surface area contributed by atoms with E-state index in [0.717, 1.165) is 13.1 Å². The van der Waals surface area contributed by atoms with Crippen molar-refractivity contribution >= 4 is 0 Å².